The molecule has 2 aromatic rings. The first-order valence-corrected chi connectivity index (χ1v) is 7.03. The Morgan fingerprint density at radius 3 is 2.90 bits per heavy atom. The molecule has 0 aliphatic heterocycles. The summed E-state index contributed by atoms with van der Waals surface area (Å²) < 4.78 is 5.11. The minimum absolute atomic E-state index is 0.201. The molecule has 0 saturated carbocycles. The van der Waals surface area contributed by atoms with Gasteiger partial charge in [-0.15, -0.1) is 0 Å². The molecule has 112 valence electrons. The summed E-state index contributed by atoms with van der Waals surface area (Å²) in [6, 6.07) is 10.4. The molecule has 0 bridgehead atoms. The lowest BCUT2D eigenvalue weighted by molar-refractivity contribution is 0.179. The number of hydrogen-bond donors (Lipinski definition) is 2. The van der Waals surface area contributed by atoms with E-state index in [1.165, 1.54) is 0 Å². The molecule has 1 atom stereocenters. The molecular weight excluding hydrogens is 264 g/mol. The van der Waals surface area contributed by atoms with Crippen LogP contribution in [0.25, 0.3) is 10.9 Å². The number of guanidine groups is 1. The highest BCUT2D eigenvalue weighted by molar-refractivity contribution is 5.83. The molecule has 1 heterocycles. The van der Waals surface area contributed by atoms with Crippen LogP contribution < -0.4 is 10.6 Å². The maximum absolute atomic E-state index is 5.11. The minimum atomic E-state index is 0.201. The van der Waals surface area contributed by atoms with Gasteiger partial charge in [0.1, 0.15) is 0 Å². The Balaban J connectivity index is 2.03. The van der Waals surface area contributed by atoms with Crippen molar-refractivity contribution in [2.75, 3.05) is 20.8 Å². The molecule has 0 aliphatic carbocycles. The molecule has 0 fully saturated rings. The number of nitrogens with zero attached hydrogens (tertiary/aromatic N) is 2. The summed E-state index contributed by atoms with van der Waals surface area (Å²) in [5.41, 5.74) is 2.17. The highest BCUT2D eigenvalue weighted by Gasteiger charge is 2.06. The molecular formula is C16H22N4O. The second kappa shape index (κ2) is 7.59. The normalized spacial score (nSPS) is 13.2. The number of fused-ring (bicyclic) bond motifs is 1. The third-order valence-corrected chi connectivity index (χ3v) is 3.19. The molecule has 0 radical (unpaired) electrons. The molecule has 5 nitrogen and oxygen atoms in total. The Bertz CT molecular complexity index is 607. The number of para-hydroxylation sites is 1. The summed E-state index contributed by atoms with van der Waals surface area (Å²) in [4.78, 5) is 8.68. The van der Waals surface area contributed by atoms with Crippen LogP contribution in [0.3, 0.4) is 0 Å². The predicted octanol–water partition coefficient (Wildman–Crippen LogP) is 1.93. The van der Waals surface area contributed by atoms with Crippen LogP contribution in [0.5, 0.6) is 0 Å². The molecule has 1 aromatic heterocycles. The zero-order chi connectivity index (χ0) is 15.1. The van der Waals surface area contributed by atoms with Gasteiger partial charge in [-0.25, -0.2) is 0 Å². The standard InChI is InChI=1S/C16H22N4O/c1-12(11-21-3)20-16(17-2)19-10-14-7-4-6-13-8-5-9-18-15(13)14/h4-9,12H,10-11H2,1-3H3,(H2,17,19,20). The van der Waals surface area contributed by atoms with Crippen LogP contribution in [0.4, 0.5) is 0 Å². The SMILES string of the molecule is CN=C(NCc1cccc2cccnc12)NC(C)COC. The quantitative estimate of drug-likeness (QED) is 0.651. The van der Waals surface area contributed by atoms with Gasteiger partial charge in [0.25, 0.3) is 0 Å². The van der Waals surface area contributed by atoms with Crippen molar-refractivity contribution in [1.82, 2.24) is 15.6 Å². The van der Waals surface area contributed by atoms with E-state index in [2.05, 4.69) is 45.7 Å². The van der Waals surface area contributed by atoms with Crippen LogP contribution >= 0.6 is 0 Å². The number of nitrogens with one attached hydrogen (secondary N) is 2. The van der Waals surface area contributed by atoms with E-state index in [-0.39, 0.29) is 6.04 Å². The molecule has 1 aromatic carbocycles. The summed E-state index contributed by atoms with van der Waals surface area (Å²) in [7, 11) is 3.45. The Morgan fingerprint density at radius 2 is 2.14 bits per heavy atom. The van der Waals surface area contributed by atoms with Crippen molar-refractivity contribution in [3.05, 3.63) is 42.1 Å². The Morgan fingerprint density at radius 1 is 1.33 bits per heavy atom. The maximum Gasteiger partial charge on any atom is 0.191 e. The number of aromatic nitrogens is 1. The van der Waals surface area contributed by atoms with Gasteiger partial charge < -0.3 is 15.4 Å². The van der Waals surface area contributed by atoms with Gasteiger partial charge in [-0.1, -0.05) is 24.3 Å². The van der Waals surface area contributed by atoms with Crippen molar-refractivity contribution < 1.29 is 4.74 Å². The number of pyridine rings is 1. The smallest absolute Gasteiger partial charge is 0.191 e. The van der Waals surface area contributed by atoms with E-state index < -0.39 is 0 Å². The van der Waals surface area contributed by atoms with E-state index in [0.29, 0.717) is 13.2 Å². The van der Waals surface area contributed by atoms with Gasteiger partial charge in [0.2, 0.25) is 0 Å². The van der Waals surface area contributed by atoms with Crippen molar-refractivity contribution in [2.45, 2.75) is 19.5 Å². The van der Waals surface area contributed by atoms with E-state index in [1.807, 2.05) is 18.3 Å². The van der Waals surface area contributed by atoms with E-state index in [4.69, 9.17) is 4.74 Å². The summed E-state index contributed by atoms with van der Waals surface area (Å²) in [6.45, 7) is 3.36. The Kier molecular flexibility index (Phi) is 5.51. The van der Waals surface area contributed by atoms with Gasteiger partial charge in [0, 0.05) is 38.3 Å². The van der Waals surface area contributed by atoms with Crippen LogP contribution in [0.15, 0.2) is 41.5 Å². The molecule has 5 heteroatoms. The molecule has 1 unspecified atom stereocenters. The number of methoxy groups -OCH3 is 1. The van der Waals surface area contributed by atoms with Crippen molar-refractivity contribution in [2.24, 2.45) is 4.99 Å². The maximum atomic E-state index is 5.11. The summed E-state index contributed by atoms with van der Waals surface area (Å²) in [5, 5.41) is 7.74. The molecule has 0 amide bonds. The predicted molar refractivity (Wildman–Crippen MR) is 86.4 cm³/mol. The lowest BCUT2D eigenvalue weighted by Crippen LogP contribution is -2.43. The van der Waals surface area contributed by atoms with Crippen molar-refractivity contribution >= 4 is 16.9 Å². The summed E-state index contributed by atoms with van der Waals surface area (Å²) in [6.07, 6.45) is 1.82. The largest absolute Gasteiger partial charge is 0.383 e. The number of aliphatic imine (C=N–C) groups is 1. The number of benzene rings is 1. The van der Waals surface area contributed by atoms with Gasteiger partial charge in [0.15, 0.2) is 5.96 Å². The molecule has 2 rings (SSSR count). The van der Waals surface area contributed by atoms with Gasteiger partial charge in [-0.3, -0.25) is 9.98 Å². The molecule has 0 spiro atoms. The van der Waals surface area contributed by atoms with Crippen LogP contribution in [-0.4, -0.2) is 37.7 Å². The van der Waals surface area contributed by atoms with Gasteiger partial charge in [-0.05, 0) is 18.6 Å². The molecule has 0 aliphatic rings. The Labute approximate surface area is 125 Å². The second-order valence-electron chi connectivity index (χ2n) is 4.92. The number of hydrogen-bond acceptors (Lipinski definition) is 3. The fourth-order valence-electron chi connectivity index (χ4n) is 2.21. The van der Waals surface area contributed by atoms with E-state index >= 15 is 0 Å². The zero-order valence-electron chi connectivity index (χ0n) is 12.8. The lowest BCUT2D eigenvalue weighted by atomic mass is 10.1. The third-order valence-electron chi connectivity index (χ3n) is 3.19. The summed E-state index contributed by atoms with van der Waals surface area (Å²) in [5.74, 6) is 0.757. The van der Waals surface area contributed by atoms with Crippen molar-refractivity contribution in [3.8, 4) is 0 Å². The van der Waals surface area contributed by atoms with Crippen molar-refractivity contribution in [1.29, 1.82) is 0 Å². The average molecular weight is 286 g/mol. The van der Waals surface area contributed by atoms with Crippen LogP contribution in [0.1, 0.15) is 12.5 Å². The molecule has 21 heavy (non-hydrogen) atoms. The van der Waals surface area contributed by atoms with Crippen LogP contribution in [0.2, 0.25) is 0 Å². The molecule has 2 N–H and O–H groups in total. The second-order valence-corrected chi connectivity index (χ2v) is 4.92. The first kappa shape index (κ1) is 15.3. The van der Waals surface area contributed by atoms with Crippen LogP contribution in [-0.2, 0) is 11.3 Å². The third kappa shape index (κ3) is 4.16. The zero-order valence-corrected chi connectivity index (χ0v) is 12.8. The fourth-order valence-corrected chi connectivity index (χ4v) is 2.21. The van der Waals surface area contributed by atoms with Gasteiger partial charge in [-0.2, -0.15) is 0 Å². The van der Waals surface area contributed by atoms with E-state index in [9.17, 15) is 0 Å². The van der Waals surface area contributed by atoms with Crippen molar-refractivity contribution in [3.63, 3.8) is 0 Å². The minimum Gasteiger partial charge on any atom is -0.383 e. The highest BCUT2D eigenvalue weighted by atomic mass is 16.5. The van der Waals surface area contributed by atoms with E-state index in [1.54, 1.807) is 14.2 Å². The monoisotopic (exact) mass is 286 g/mol. The first-order valence-electron chi connectivity index (χ1n) is 7.03. The van der Waals surface area contributed by atoms with Gasteiger partial charge in [0.05, 0.1) is 12.1 Å². The summed E-state index contributed by atoms with van der Waals surface area (Å²) >= 11 is 0. The Hall–Kier alpha value is -2.14. The van der Waals surface area contributed by atoms with Crippen LogP contribution in [0, 0.1) is 0 Å². The van der Waals surface area contributed by atoms with E-state index in [0.717, 1.165) is 22.4 Å². The number of ether oxygens (including phenoxy) is 1. The highest BCUT2D eigenvalue weighted by Crippen LogP contribution is 2.15. The number of rotatable bonds is 5. The topological polar surface area (TPSA) is 58.5 Å². The molecule has 0 saturated heterocycles. The first-order chi connectivity index (χ1) is 10.2. The lowest BCUT2D eigenvalue weighted by Gasteiger charge is -2.17. The fraction of sp³-hybridized carbons (Fsp3) is 0.375. The van der Waals surface area contributed by atoms with Gasteiger partial charge >= 0.3 is 0 Å². The average Bonchev–Trinajstić information content (AvgIpc) is 2.51.